The van der Waals surface area contributed by atoms with E-state index in [0.717, 1.165) is 18.7 Å². The number of nitrogens with zero attached hydrogens (tertiary/aromatic N) is 4. The van der Waals surface area contributed by atoms with Crippen molar-refractivity contribution in [3.05, 3.63) is 55.7 Å². The highest BCUT2D eigenvalue weighted by Crippen LogP contribution is 2.31. The zero-order valence-corrected chi connectivity index (χ0v) is 19.8. The van der Waals surface area contributed by atoms with Crippen LogP contribution in [0.4, 0.5) is 11.5 Å². The highest BCUT2D eigenvalue weighted by molar-refractivity contribution is 6.30. The van der Waals surface area contributed by atoms with Crippen molar-refractivity contribution < 1.29 is 5.11 Å². The average Bonchev–Trinajstić information content (AvgIpc) is 3.46. The second kappa shape index (κ2) is 10.0. The van der Waals surface area contributed by atoms with Crippen molar-refractivity contribution in [3.63, 3.8) is 0 Å². The highest BCUT2D eigenvalue weighted by atomic mass is 35.5. The number of rotatable bonds is 6. The molecule has 0 amide bonds. The molecule has 0 saturated carbocycles. The molecule has 2 aromatic rings. The second-order valence-electron chi connectivity index (χ2n) is 8.58. The van der Waals surface area contributed by atoms with Gasteiger partial charge >= 0.3 is 5.69 Å². The zero-order valence-electron chi connectivity index (χ0n) is 19.1. The number of benzene rings is 1. The number of nitrogens with one attached hydrogen (secondary N) is 1. The average molecular weight is 472 g/mol. The molecule has 33 heavy (non-hydrogen) atoms. The van der Waals surface area contributed by atoms with Gasteiger partial charge in [0.05, 0.1) is 6.04 Å². The summed E-state index contributed by atoms with van der Waals surface area (Å²) >= 11 is 6.05. The lowest BCUT2D eigenvalue weighted by molar-refractivity contribution is 0.277. The van der Waals surface area contributed by atoms with E-state index >= 15 is 0 Å². The first kappa shape index (κ1) is 23.4. The smallest absolute Gasteiger partial charge is 0.332 e. The molecule has 8 nitrogen and oxygen atoms in total. The summed E-state index contributed by atoms with van der Waals surface area (Å²) in [6.45, 7) is 4.73. The van der Waals surface area contributed by atoms with E-state index in [4.69, 9.17) is 11.6 Å². The largest absolute Gasteiger partial charge is 0.396 e. The molecular formula is C24H30ClN5O3. The van der Waals surface area contributed by atoms with E-state index in [1.165, 1.54) is 22.0 Å². The van der Waals surface area contributed by atoms with Crippen LogP contribution in [0.1, 0.15) is 31.7 Å². The Labute approximate surface area is 198 Å². The number of aliphatic hydroxyl groups excluding tert-OH is 1. The standard InChI is InChI=1S/C24H30ClN5O3/c1-17(28-12-3-4-13-28)6-11-20-26-21-22(30(20)16-18-7-9-19(25)10-8-18)27(2)24(33)29(23(21)32)14-5-15-31/h7-10,17,20,26,31H,3-5,12-16H2,1-2H3. The minimum atomic E-state index is -0.451. The van der Waals surface area contributed by atoms with Crippen molar-refractivity contribution in [3.8, 4) is 11.8 Å². The van der Waals surface area contributed by atoms with Crippen molar-refractivity contribution in [2.24, 2.45) is 7.05 Å². The molecule has 2 aliphatic heterocycles. The van der Waals surface area contributed by atoms with Gasteiger partial charge in [-0.3, -0.25) is 18.8 Å². The van der Waals surface area contributed by atoms with E-state index in [9.17, 15) is 14.7 Å². The molecule has 4 rings (SSSR count). The number of hydrogen-bond acceptors (Lipinski definition) is 6. The van der Waals surface area contributed by atoms with Crippen molar-refractivity contribution >= 4 is 23.1 Å². The van der Waals surface area contributed by atoms with Gasteiger partial charge in [-0.2, -0.15) is 0 Å². The first-order valence-corrected chi connectivity index (χ1v) is 11.8. The predicted octanol–water partition coefficient (Wildman–Crippen LogP) is 1.83. The molecule has 1 fully saturated rings. The third kappa shape index (κ3) is 4.81. The topological polar surface area (TPSA) is 82.7 Å². The molecule has 2 atom stereocenters. The molecular weight excluding hydrogens is 442 g/mol. The molecule has 0 spiro atoms. The number of aromatic nitrogens is 2. The fourth-order valence-electron chi connectivity index (χ4n) is 4.47. The Balaban J connectivity index is 1.73. The van der Waals surface area contributed by atoms with Gasteiger partial charge < -0.3 is 15.3 Å². The molecule has 0 aliphatic carbocycles. The molecule has 2 unspecified atom stereocenters. The Bertz CT molecular complexity index is 1170. The minimum Gasteiger partial charge on any atom is -0.396 e. The van der Waals surface area contributed by atoms with Crippen LogP contribution in [0.3, 0.4) is 0 Å². The van der Waals surface area contributed by atoms with Crippen molar-refractivity contribution in [1.29, 1.82) is 0 Å². The van der Waals surface area contributed by atoms with Gasteiger partial charge in [-0.15, -0.1) is 0 Å². The summed E-state index contributed by atoms with van der Waals surface area (Å²) in [5.41, 5.74) is 0.552. The maximum absolute atomic E-state index is 13.2. The quantitative estimate of drug-likeness (QED) is 0.625. The van der Waals surface area contributed by atoms with E-state index in [-0.39, 0.29) is 24.8 Å². The first-order valence-electron chi connectivity index (χ1n) is 11.4. The second-order valence-corrected chi connectivity index (χ2v) is 9.02. The lowest BCUT2D eigenvalue weighted by Crippen LogP contribution is -2.41. The van der Waals surface area contributed by atoms with Crippen LogP contribution in [0.5, 0.6) is 0 Å². The maximum atomic E-state index is 13.2. The van der Waals surface area contributed by atoms with E-state index in [1.807, 2.05) is 29.2 Å². The third-order valence-electron chi connectivity index (χ3n) is 6.31. The molecule has 0 bridgehead atoms. The lowest BCUT2D eigenvalue weighted by Gasteiger charge is -2.25. The summed E-state index contributed by atoms with van der Waals surface area (Å²) in [4.78, 5) is 30.5. The van der Waals surface area contributed by atoms with Crippen LogP contribution in [-0.2, 0) is 20.1 Å². The molecule has 3 heterocycles. The molecule has 1 aromatic carbocycles. The van der Waals surface area contributed by atoms with Crippen LogP contribution in [0.15, 0.2) is 33.9 Å². The zero-order chi connectivity index (χ0) is 23.5. The summed E-state index contributed by atoms with van der Waals surface area (Å²) in [6.07, 6.45) is 2.26. The fourth-order valence-corrected chi connectivity index (χ4v) is 4.59. The summed E-state index contributed by atoms with van der Waals surface area (Å²) in [5.74, 6) is 7.19. The number of anilines is 2. The molecule has 2 aliphatic rings. The van der Waals surface area contributed by atoms with Crippen molar-refractivity contribution in [2.45, 2.75) is 51.5 Å². The Kier molecular flexibility index (Phi) is 7.13. The van der Waals surface area contributed by atoms with Gasteiger partial charge in [0.2, 0.25) is 0 Å². The third-order valence-corrected chi connectivity index (χ3v) is 6.56. The Hall–Kier alpha value is -2.73. The Morgan fingerprint density at radius 2 is 1.91 bits per heavy atom. The number of hydrogen-bond donors (Lipinski definition) is 2. The normalized spacial score (nSPS) is 18.5. The van der Waals surface area contributed by atoms with Crippen LogP contribution < -0.4 is 21.5 Å². The SMILES string of the molecule is CC(C#CC1Nc2c(n(C)c(=O)n(CCCO)c2=O)N1Cc1ccc(Cl)cc1)N1CCCC1. The van der Waals surface area contributed by atoms with Gasteiger partial charge in [0, 0.05) is 31.8 Å². The molecule has 1 aromatic heterocycles. The molecule has 0 radical (unpaired) electrons. The summed E-state index contributed by atoms with van der Waals surface area (Å²) in [6, 6.07) is 7.61. The van der Waals surface area contributed by atoms with Crippen LogP contribution >= 0.6 is 11.6 Å². The van der Waals surface area contributed by atoms with Crippen LogP contribution in [0.2, 0.25) is 5.02 Å². The lowest BCUT2D eigenvalue weighted by atomic mass is 10.2. The molecule has 9 heteroatoms. The van der Waals surface area contributed by atoms with E-state index < -0.39 is 11.9 Å². The van der Waals surface area contributed by atoms with Gasteiger partial charge in [-0.05, 0) is 57.0 Å². The van der Waals surface area contributed by atoms with Gasteiger partial charge in [0.15, 0.2) is 6.17 Å². The predicted molar refractivity (Wildman–Crippen MR) is 131 cm³/mol. The molecule has 1 saturated heterocycles. The first-order chi connectivity index (χ1) is 15.9. The van der Waals surface area contributed by atoms with Crippen molar-refractivity contribution in [2.75, 3.05) is 29.9 Å². The Morgan fingerprint density at radius 1 is 1.21 bits per heavy atom. The van der Waals surface area contributed by atoms with Gasteiger partial charge in [-0.25, -0.2) is 4.79 Å². The summed E-state index contributed by atoms with van der Waals surface area (Å²) < 4.78 is 2.66. The van der Waals surface area contributed by atoms with Gasteiger partial charge in [-0.1, -0.05) is 35.6 Å². The van der Waals surface area contributed by atoms with E-state index in [1.54, 1.807) is 7.05 Å². The molecule has 2 N–H and O–H groups in total. The molecule has 176 valence electrons. The number of likely N-dealkylation sites (tertiary alicyclic amines) is 1. The van der Waals surface area contributed by atoms with Crippen LogP contribution in [0.25, 0.3) is 0 Å². The maximum Gasteiger partial charge on any atom is 0.332 e. The Morgan fingerprint density at radius 3 is 2.58 bits per heavy atom. The highest BCUT2D eigenvalue weighted by Gasteiger charge is 2.34. The fraction of sp³-hybridized carbons (Fsp3) is 0.500. The van der Waals surface area contributed by atoms with Crippen LogP contribution in [-0.4, -0.2) is 51.0 Å². The van der Waals surface area contributed by atoms with E-state index in [0.29, 0.717) is 29.5 Å². The van der Waals surface area contributed by atoms with Gasteiger partial charge in [0.1, 0.15) is 11.5 Å². The number of aliphatic hydroxyl groups is 1. The van der Waals surface area contributed by atoms with Crippen LogP contribution in [0, 0.1) is 11.8 Å². The number of fused-ring (bicyclic) bond motifs is 1. The summed E-state index contributed by atoms with van der Waals surface area (Å²) in [5, 5.41) is 13.1. The monoisotopic (exact) mass is 471 g/mol. The number of halogens is 1. The van der Waals surface area contributed by atoms with Crippen molar-refractivity contribution in [1.82, 2.24) is 14.0 Å². The minimum absolute atomic E-state index is 0.0920. The van der Waals surface area contributed by atoms with E-state index in [2.05, 4.69) is 29.0 Å². The summed E-state index contributed by atoms with van der Waals surface area (Å²) in [7, 11) is 1.66. The van der Waals surface area contributed by atoms with Gasteiger partial charge in [0.25, 0.3) is 5.56 Å².